The van der Waals surface area contributed by atoms with Gasteiger partial charge in [-0.05, 0) is 50.4 Å². The molecule has 0 spiro atoms. The van der Waals surface area contributed by atoms with Crippen LogP contribution in [0, 0.1) is 17.8 Å². The van der Waals surface area contributed by atoms with E-state index in [1.807, 2.05) is 0 Å². The molecule has 9 nitrogen and oxygen atoms in total. The highest BCUT2D eigenvalue weighted by molar-refractivity contribution is 5.86. The first-order chi connectivity index (χ1) is 18.8. The molecule has 6 rings (SSSR count). The Labute approximate surface area is 224 Å². The Hall–Kier alpha value is -3.63. The van der Waals surface area contributed by atoms with Gasteiger partial charge < -0.3 is 9.88 Å². The van der Waals surface area contributed by atoms with Crippen molar-refractivity contribution in [2.24, 2.45) is 17.8 Å². The highest BCUT2D eigenvalue weighted by Gasteiger charge is 2.41. The summed E-state index contributed by atoms with van der Waals surface area (Å²) >= 11 is 0. The summed E-state index contributed by atoms with van der Waals surface area (Å²) in [6, 6.07) is 7.82. The molecule has 0 unspecified atom stereocenters. The number of fused-ring (bicyclic) bond motifs is 1. The summed E-state index contributed by atoms with van der Waals surface area (Å²) in [5.74, 6) is -2.63. The summed E-state index contributed by atoms with van der Waals surface area (Å²) in [5, 5.41) is 7.21. The number of anilines is 1. The molecule has 11 heteroatoms. The van der Waals surface area contributed by atoms with Crippen LogP contribution >= 0.6 is 0 Å². The van der Waals surface area contributed by atoms with E-state index in [2.05, 4.69) is 48.8 Å². The summed E-state index contributed by atoms with van der Waals surface area (Å²) in [7, 11) is 0. The Kier molecular flexibility index (Phi) is 6.68. The molecule has 1 atom stereocenters. The van der Waals surface area contributed by atoms with Gasteiger partial charge in [0.1, 0.15) is 5.52 Å². The average molecular weight is 538 g/mol. The van der Waals surface area contributed by atoms with Gasteiger partial charge in [-0.1, -0.05) is 61.7 Å². The molecular weight excluding hydrogens is 504 g/mol. The van der Waals surface area contributed by atoms with Crippen molar-refractivity contribution in [3.8, 4) is 11.6 Å². The lowest BCUT2D eigenvalue weighted by Crippen LogP contribution is -2.31. The molecule has 1 aromatic carbocycles. The van der Waals surface area contributed by atoms with Crippen LogP contribution in [0.1, 0.15) is 70.2 Å². The van der Waals surface area contributed by atoms with Crippen LogP contribution in [0.25, 0.3) is 22.8 Å². The second-order valence-electron chi connectivity index (χ2n) is 11.2. The van der Waals surface area contributed by atoms with E-state index in [0.29, 0.717) is 29.7 Å². The molecule has 0 amide bonds. The Morgan fingerprint density at radius 1 is 1.10 bits per heavy atom. The van der Waals surface area contributed by atoms with Gasteiger partial charge >= 0.3 is 11.7 Å². The average Bonchev–Trinajstić information content (AvgIpc) is 3.49. The van der Waals surface area contributed by atoms with Gasteiger partial charge in [0.05, 0.1) is 0 Å². The lowest BCUT2D eigenvalue weighted by molar-refractivity contribution is 0.0282. The fourth-order valence-electron chi connectivity index (χ4n) is 5.81. The first-order valence-electron chi connectivity index (χ1n) is 13.8. The maximum atomic E-state index is 16.2. The number of benzene rings is 1. The topological polar surface area (TPSA) is 115 Å². The van der Waals surface area contributed by atoms with Crippen LogP contribution in [0.5, 0.6) is 0 Å². The normalized spacial score (nSPS) is 21.1. The highest BCUT2D eigenvalue weighted by Crippen LogP contribution is 2.40. The predicted octanol–water partition coefficient (Wildman–Crippen LogP) is 5.74. The summed E-state index contributed by atoms with van der Waals surface area (Å²) in [6.45, 7) is 4.72. The van der Waals surface area contributed by atoms with Crippen LogP contribution < -0.4 is 11.1 Å². The Bertz CT molecular complexity index is 1500. The van der Waals surface area contributed by atoms with Gasteiger partial charge in [-0.25, -0.2) is 19.7 Å². The molecule has 0 aliphatic heterocycles. The third-order valence-corrected chi connectivity index (χ3v) is 8.47. The molecule has 4 aromatic rings. The van der Waals surface area contributed by atoms with Gasteiger partial charge in [-0.3, -0.25) is 9.51 Å². The molecule has 206 valence electrons. The summed E-state index contributed by atoms with van der Waals surface area (Å²) in [4.78, 5) is 27.7. The van der Waals surface area contributed by atoms with Crippen LogP contribution in [-0.4, -0.2) is 35.7 Å². The zero-order valence-electron chi connectivity index (χ0n) is 22.2. The summed E-state index contributed by atoms with van der Waals surface area (Å²) in [6.07, 6.45) is 7.46. The van der Waals surface area contributed by atoms with Crippen LogP contribution in [-0.2, 0) is 12.5 Å². The molecule has 0 bridgehead atoms. The van der Waals surface area contributed by atoms with Gasteiger partial charge in [0.2, 0.25) is 11.6 Å². The largest absolute Gasteiger partial charge is 0.439 e. The first kappa shape index (κ1) is 25.6. The zero-order valence-corrected chi connectivity index (χ0v) is 22.2. The van der Waals surface area contributed by atoms with Crippen molar-refractivity contribution in [3.63, 3.8) is 0 Å². The molecule has 0 radical (unpaired) electrons. The Morgan fingerprint density at radius 3 is 2.49 bits per heavy atom. The molecule has 3 heterocycles. The number of alkyl halides is 2. The second-order valence-corrected chi connectivity index (χ2v) is 11.2. The SMILES string of the molecule is CC1CCC(Cn2c(C(F)(F)c3ccccc3)nc3nc(-c4noc(=O)[nH]4)nc(N[C@H](C)C4CCC4)c32)CC1. The predicted molar refractivity (Wildman–Crippen MR) is 142 cm³/mol. The van der Waals surface area contributed by atoms with Crippen molar-refractivity contribution in [2.75, 3.05) is 5.32 Å². The number of hydrogen-bond acceptors (Lipinski definition) is 7. The number of imidazole rings is 1. The van der Waals surface area contributed by atoms with Crippen molar-refractivity contribution >= 4 is 17.0 Å². The van der Waals surface area contributed by atoms with Gasteiger partial charge in [0, 0.05) is 18.2 Å². The van der Waals surface area contributed by atoms with Gasteiger partial charge in [0.25, 0.3) is 0 Å². The van der Waals surface area contributed by atoms with Gasteiger partial charge in [-0.2, -0.15) is 8.78 Å². The van der Waals surface area contributed by atoms with Crippen LogP contribution in [0.4, 0.5) is 14.6 Å². The highest BCUT2D eigenvalue weighted by atomic mass is 19.3. The molecule has 2 saturated carbocycles. The van der Waals surface area contributed by atoms with Crippen molar-refractivity contribution in [3.05, 3.63) is 52.3 Å². The summed E-state index contributed by atoms with van der Waals surface area (Å²) < 4.78 is 38.7. The second kappa shape index (κ2) is 10.2. The molecule has 3 aromatic heterocycles. The number of halogens is 2. The van der Waals surface area contributed by atoms with E-state index < -0.39 is 11.7 Å². The zero-order chi connectivity index (χ0) is 27.1. The monoisotopic (exact) mass is 537 g/mol. The molecule has 0 saturated heterocycles. The third-order valence-electron chi connectivity index (χ3n) is 8.47. The van der Waals surface area contributed by atoms with Crippen LogP contribution in [0.15, 0.2) is 39.6 Å². The fourth-order valence-corrected chi connectivity index (χ4v) is 5.81. The Morgan fingerprint density at radius 2 is 1.85 bits per heavy atom. The molecule has 2 fully saturated rings. The number of hydrogen-bond donors (Lipinski definition) is 2. The number of nitrogens with one attached hydrogen (secondary N) is 2. The van der Waals surface area contributed by atoms with E-state index in [0.717, 1.165) is 38.5 Å². The quantitative estimate of drug-likeness (QED) is 0.295. The van der Waals surface area contributed by atoms with Crippen molar-refractivity contribution < 1.29 is 13.3 Å². The molecule has 2 aliphatic rings. The van der Waals surface area contributed by atoms with E-state index >= 15 is 8.78 Å². The van der Waals surface area contributed by atoms with Crippen LogP contribution in [0.3, 0.4) is 0 Å². The Balaban J connectivity index is 1.53. The van der Waals surface area contributed by atoms with E-state index in [1.165, 1.54) is 18.6 Å². The minimum atomic E-state index is -3.36. The number of aromatic nitrogens is 6. The van der Waals surface area contributed by atoms with E-state index in [4.69, 9.17) is 0 Å². The minimum Gasteiger partial charge on any atom is -0.365 e. The number of nitrogens with zero attached hydrogens (tertiary/aromatic N) is 5. The number of rotatable bonds is 8. The maximum Gasteiger partial charge on any atom is 0.439 e. The maximum absolute atomic E-state index is 16.2. The van der Waals surface area contributed by atoms with Crippen LogP contribution in [0.2, 0.25) is 0 Å². The van der Waals surface area contributed by atoms with E-state index in [1.54, 1.807) is 22.8 Å². The van der Waals surface area contributed by atoms with Gasteiger partial charge in [-0.15, -0.1) is 0 Å². The molecule has 2 N–H and O–H groups in total. The van der Waals surface area contributed by atoms with E-state index in [-0.39, 0.29) is 40.6 Å². The summed E-state index contributed by atoms with van der Waals surface area (Å²) in [5.41, 5.74) is 0.437. The van der Waals surface area contributed by atoms with E-state index in [9.17, 15) is 4.79 Å². The third kappa shape index (κ3) is 4.94. The number of aromatic amines is 1. The molecule has 2 aliphatic carbocycles. The number of H-pyrrole nitrogens is 1. The first-order valence-corrected chi connectivity index (χ1v) is 13.8. The van der Waals surface area contributed by atoms with Crippen molar-refractivity contribution in [1.29, 1.82) is 0 Å². The lowest BCUT2D eigenvalue weighted by atomic mass is 9.80. The lowest BCUT2D eigenvalue weighted by Gasteiger charge is -2.32. The fraction of sp³-hybridized carbons (Fsp3) is 0.536. The standard InChI is InChI=1S/C28H33F2N7O2/c1-16-11-13-18(14-12-16)15-37-21-22(31-17(2)19-7-6-8-19)32-24(25-35-27(38)39-36-25)33-23(21)34-26(37)28(29,30)20-9-4-3-5-10-20/h3-5,9-10,16-19H,6-8,11-15H2,1-2H3,(H,31,32,33)(H,35,36,38)/t16?,17-,18?/m1/s1. The van der Waals surface area contributed by atoms with Crippen molar-refractivity contribution in [2.45, 2.75) is 77.3 Å². The smallest absolute Gasteiger partial charge is 0.365 e. The minimum absolute atomic E-state index is 0.0217. The van der Waals surface area contributed by atoms with Crippen molar-refractivity contribution in [1.82, 2.24) is 29.7 Å². The van der Waals surface area contributed by atoms with Gasteiger partial charge in [0.15, 0.2) is 17.3 Å². The molecular formula is C28H33F2N7O2. The molecule has 39 heavy (non-hydrogen) atoms.